The molecule has 176 valence electrons. The van der Waals surface area contributed by atoms with Crippen molar-refractivity contribution in [3.05, 3.63) is 87.9 Å². The van der Waals surface area contributed by atoms with Gasteiger partial charge in [0, 0.05) is 17.1 Å². The average molecular weight is 482 g/mol. The van der Waals surface area contributed by atoms with Gasteiger partial charge in [-0.05, 0) is 59.4 Å². The normalized spacial score (nSPS) is 13.1. The van der Waals surface area contributed by atoms with E-state index >= 15 is 0 Å². The lowest BCUT2D eigenvalue weighted by atomic mass is 9.88. The lowest BCUT2D eigenvalue weighted by Crippen LogP contribution is -2.33. The number of aliphatic carboxylic acids is 1. The smallest absolute Gasteiger partial charge is 0.482 e. The van der Waals surface area contributed by atoms with Gasteiger partial charge in [0.15, 0.2) is 6.61 Å². The predicted molar refractivity (Wildman–Crippen MR) is 127 cm³/mol. The van der Waals surface area contributed by atoms with Crippen LogP contribution in [0.1, 0.15) is 22.3 Å². The molecule has 0 saturated carbocycles. The summed E-state index contributed by atoms with van der Waals surface area (Å²) in [6, 6.07) is 18.4. The van der Waals surface area contributed by atoms with Crippen LogP contribution in [-0.2, 0) is 33.9 Å². The first kappa shape index (κ1) is 23.6. The monoisotopic (exact) mass is 481 g/mol. The number of hydroxylamine groups is 2. The number of halogens is 1. The Labute approximate surface area is 202 Å². The SMILES string of the molecule is Cc1ccc(-c2cc(OCC(=O)O)ccc2Cl)c2c1CCN(OC(=O)OCc1ccccc1)C2. The van der Waals surface area contributed by atoms with E-state index in [4.69, 9.17) is 31.0 Å². The van der Waals surface area contributed by atoms with E-state index in [0.717, 1.165) is 22.3 Å². The molecule has 3 aromatic carbocycles. The topological polar surface area (TPSA) is 85.3 Å². The summed E-state index contributed by atoms with van der Waals surface area (Å²) in [6.45, 7) is 2.63. The molecule has 0 saturated heterocycles. The number of aryl methyl sites for hydroxylation is 1. The summed E-state index contributed by atoms with van der Waals surface area (Å²) in [5.74, 6) is -0.652. The number of benzene rings is 3. The lowest BCUT2D eigenvalue weighted by molar-refractivity contribution is -0.139. The molecular weight excluding hydrogens is 458 g/mol. The first-order valence-corrected chi connectivity index (χ1v) is 11.2. The van der Waals surface area contributed by atoms with E-state index in [-0.39, 0.29) is 6.61 Å². The molecule has 0 fully saturated rings. The van der Waals surface area contributed by atoms with Crippen LogP contribution in [0.15, 0.2) is 60.7 Å². The molecule has 1 aliphatic heterocycles. The molecule has 0 unspecified atom stereocenters. The number of carboxylic acid groups (broad SMARTS) is 1. The molecular formula is C26H24ClNO6. The zero-order valence-corrected chi connectivity index (χ0v) is 19.4. The Kier molecular flexibility index (Phi) is 7.35. The van der Waals surface area contributed by atoms with E-state index in [9.17, 15) is 9.59 Å². The number of hydrogen-bond acceptors (Lipinski definition) is 6. The third kappa shape index (κ3) is 5.68. The van der Waals surface area contributed by atoms with Gasteiger partial charge in [0.1, 0.15) is 12.4 Å². The van der Waals surface area contributed by atoms with Crippen molar-refractivity contribution in [2.45, 2.75) is 26.5 Å². The quantitative estimate of drug-likeness (QED) is 0.452. The number of hydrogen-bond donors (Lipinski definition) is 1. The molecule has 3 aromatic rings. The van der Waals surface area contributed by atoms with Crippen molar-refractivity contribution < 1.29 is 29.0 Å². The van der Waals surface area contributed by atoms with Gasteiger partial charge in [-0.1, -0.05) is 54.1 Å². The van der Waals surface area contributed by atoms with Gasteiger partial charge in [-0.25, -0.2) is 9.59 Å². The van der Waals surface area contributed by atoms with Crippen LogP contribution in [0.4, 0.5) is 4.79 Å². The molecule has 0 spiro atoms. The summed E-state index contributed by atoms with van der Waals surface area (Å²) in [5.41, 5.74) is 5.76. The van der Waals surface area contributed by atoms with Crippen molar-refractivity contribution >= 4 is 23.7 Å². The number of nitrogens with zero attached hydrogens (tertiary/aromatic N) is 1. The van der Waals surface area contributed by atoms with Crippen molar-refractivity contribution in [2.24, 2.45) is 0 Å². The van der Waals surface area contributed by atoms with Gasteiger partial charge in [0.25, 0.3) is 0 Å². The van der Waals surface area contributed by atoms with E-state index in [1.54, 1.807) is 23.3 Å². The zero-order chi connectivity index (χ0) is 24.1. The van der Waals surface area contributed by atoms with E-state index in [1.165, 1.54) is 5.56 Å². The Morgan fingerprint density at radius 2 is 1.82 bits per heavy atom. The number of fused-ring (bicyclic) bond motifs is 1. The van der Waals surface area contributed by atoms with Crippen LogP contribution in [0.2, 0.25) is 5.02 Å². The molecule has 0 bridgehead atoms. The van der Waals surface area contributed by atoms with Crippen LogP contribution in [0, 0.1) is 6.92 Å². The number of carboxylic acids is 1. The van der Waals surface area contributed by atoms with Crippen LogP contribution in [-0.4, -0.2) is 35.4 Å². The highest BCUT2D eigenvalue weighted by atomic mass is 35.5. The Morgan fingerprint density at radius 3 is 2.59 bits per heavy atom. The van der Waals surface area contributed by atoms with E-state index in [1.807, 2.05) is 49.4 Å². The fourth-order valence-corrected chi connectivity index (χ4v) is 4.17. The van der Waals surface area contributed by atoms with Gasteiger partial charge in [-0.2, -0.15) is 0 Å². The maximum Gasteiger partial charge on any atom is 0.528 e. The minimum Gasteiger partial charge on any atom is -0.482 e. The van der Waals surface area contributed by atoms with Crippen molar-refractivity contribution in [2.75, 3.05) is 13.2 Å². The lowest BCUT2D eigenvalue weighted by Gasteiger charge is -2.30. The van der Waals surface area contributed by atoms with Gasteiger partial charge in [0.05, 0.1) is 6.54 Å². The Bertz CT molecular complexity index is 1200. The Hall–Kier alpha value is -3.55. The van der Waals surface area contributed by atoms with Crippen LogP contribution >= 0.6 is 11.6 Å². The number of ether oxygens (including phenoxy) is 2. The number of carbonyl (C=O) groups is 2. The zero-order valence-electron chi connectivity index (χ0n) is 18.6. The first-order valence-electron chi connectivity index (χ1n) is 10.8. The maximum absolute atomic E-state index is 12.3. The highest BCUT2D eigenvalue weighted by Gasteiger charge is 2.25. The standard InChI is InChI=1S/C26H24ClNO6/c1-17-7-9-21(22-13-19(8-10-24(22)27)32-16-25(29)30)23-14-28(12-11-20(17)23)34-26(31)33-15-18-5-3-2-4-6-18/h2-10,13H,11-12,14-16H2,1H3,(H,29,30). The summed E-state index contributed by atoms with van der Waals surface area (Å²) >= 11 is 6.51. The fourth-order valence-electron chi connectivity index (χ4n) is 3.95. The third-order valence-corrected chi connectivity index (χ3v) is 5.93. The van der Waals surface area contributed by atoms with Crippen molar-refractivity contribution in [3.63, 3.8) is 0 Å². The molecule has 7 nitrogen and oxygen atoms in total. The van der Waals surface area contributed by atoms with Gasteiger partial charge in [-0.15, -0.1) is 5.06 Å². The van der Waals surface area contributed by atoms with Crippen LogP contribution in [0.5, 0.6) is 5.75 Å². The second-order valence-electron chi connectivity index (χ2n) is 7.94. The molecule has 0 radical (unpaired) electrons. The van der Waals surface area contributed by atoms with Gasteiger partial charge >= 0.3 is 12.1 Å². The summed E-state index contributed by atoms with van der Waals surface area (Å²) in [4.78, 5) is 28.6. The second-order valence-corrected chi connectivity index (χ2v) is 8.35. The Balaban J connectivity index is 1.52. The molecule has 34 heavy (non-hydrogen) atoms. The predicted octanol–water partition coefficient (Wildman–Crippen LogP) is 5.41. The molecule has 0 atom stereocenters. The van der Waals surface area contributed by atoms with Crippen molar-refractivity contribution in [1.29, 1.82) is 0 Å². The molecule has 0 aromatic heterocycles. The van der Waals surface area contributed by atoms with Crippen LogP contribution in [0.25, 0.3) is 11.1 Å². The molecule has 1 heterocycles. The number of carbonyl (C=O) groups excluding carboxylic acids is 1. The highest BCUT2D eigenvalue weighted by molar-refractivity contribution is 6.33. The summed E-state index contributed by atoms with van der Waals surface area (Å²) < 4.78 is 10.6. The molecule has 1 N–H and O–H groups in total. The highest BCUT2D eigenvalue weighted by Crippen LogP contribution is 2.38. The van der Waals surface area contributed by atoms with Crippen LogP contribution < -0.4 is 4.74 Å². The molecule has 4 rings (SSSR count). The second kappa shape index (κ2) is 10.6. The molecule has 8 heteroatoms. The average Bonchev–Trinajstić information content (AvgIpc) is 2.83. The minimum absolute atomic E-state index is 0.132. The number of rotatable bonds is 7. The summed E-state index contributed by atoms with van der Waals surface area (Å²) in [6.07, 6.45) is -0.0723. The van der Waals surface area contributed by atoms with Gasteiger partial charge in [0.2, 0.25) is 0 Å². The third-order valence-electron chi connectivity index (χ3n) is 5.60. The van der Waals surface area contributed by atoms with Crippen molar-refractivity contribution in [1.82, 2.24) is 5.06 Å². The van der Waals surface area contributed by atoms with E-state index < -0.39 is 18.7 Å². The summed E-state index contributed by atoms with van der Waals surface area (Å²) in [5, 5.41) is 11.0. The molecule has 0 aliphatic carbocycles. The minimum atomic E-state index is -1.06. The fraction of sp³-hybridized carbons (Fsp3) is 0.231. The van der Waals surface area contributed by atoms with Crippen LogP contribution in [0.3, 0.4) is 0 Å². The summed E-state index contributed by atoms with van der Waals surface area (Å²) in [7, 11) is 0. The molecule has 0 amide bonds. The van der Waals surface area contributed by atoms with Gasteiger partial charge in [-0.3, -0.25) is 0 Å². The first-order chi connectivity index (χ1) is 16.4. The van der Waals surface area contributed by atoms with Crippen molar-refractivity contribution in [3.8, 4) is 16.9 Å². The van der Waals surface area contributed by atoms with Gasteiger partial charge < -0.3 is 19.4 Å². The van der Waals surface area contributed by atoms with E-state index in [2.05, 4.69) is 0 Å². The van der Waals surface area contributed by atoms with E-state index in [0.29, 0.717) is 35.8 Å². The Morgan fingerprint density at radius 1 is 1.03 bits per heavy atom. The maximum atomic E-state index is 12.3. The largest absolute Gasteiger partial charge is 0.528 e. The molecule has 1 aliphatic rings.